The minimum absolute atomic E-state index is 0.174. The maximum absolute atomic E-state index is 13.0. The van der Waals surface area contributed by atoms with Gasteiger partial charge in [0.1, 0.15) is 5.75 Å². The molecule has 2 N–H and O–H groups in total. The van der Waals surface area contributed by atoms with Crippen molar-refractivity contribution in [3.8, 4) is 17.5 Å². The lowest BCUT2D eigenvalue weighted by atomic mass is 9.70. The summed E-state index contributed by atoms with van der Waals surface area (Å²) in [5.74, 6) is 0.657. The van der Waals surface area contributed by atoms with E-state index in [1.807, 2.05) is 37.4 Å². The van der Waals surface area contributed by atoms with Crippen molar-refractivity contribution in [2.45, 2.75) is 42.0 Å². The number of aromatic nitrogens is 1. The van der Waals surface area contributed by atoms with Crippen LogP contribution in [0, 0.1) is 5.92 Å². The predicted octanol–water partition coefficient (Wildman–Crippen LogP) is 3.80. The highest BCUT2D eigenvalue weighted by Gasteiger charge is 2.77. The largest absolute Gasteiger partial charge is 0.481 e. The van der Waals surface area contributed by atoms with Crippen molar-refractivity contribution in [2.24, 2.45) is 5.92 Å². The number of ether oxygens (including phenoxy) is 4. The van der Waals surface area contributed by atoms with E-state index < -0.39 is 29.1 Å². The summed E-state index contributed by atoms with van der Waals surface area (Å²) in [5, 5.41) is 25.3. The minimum atomic E-state index is -1.86. The first-order chi connectivity index (χ1) is 19.4. The maximum atomic E-state index is 13.0. The fourth-order valence-electron chi connectivity index (χ4n) is 6.98. The number of nitrogens with zero attached hydrogens (tertiary/aromatic N) is 2. The average Bonchev–Trinajstić information content (AvgIpc) is 3.77. The van der Waals surface area contributed by atoms with Gasteiger partial charge in [-0.2, -0.15) is 4.98 Å². The van der Waals surface area contributed by atoms with Gasteiger partial charge >= 0.3 is 0 Å². The molecule has 0 unspecified atom stereocenters. The van der Waals surface area contributed by atoms with Crippen LogP contribution in [-0.2, 0) is 15.9 Å². The Morgan fingerprint density at radius 2 is 1.73 bits per heavy atom. The molecule has 40 heavy (non-hydrogen) atoms. The summed E-state index contributed by atoms with van der Waals surface area (Å²) in [6.45, 7) is 1.76. The van der Waals surface area contributed by atoms with Crippen molar-refractivity contribution in [1.82, 2.24) is 9.88 Å². The van der Waals surface area contributed by atoms with Crippen LogP contribution in [0.3, 0.4) is 0 Å². The highest BCUT2D eigenvalue weighted by Crippen LogP contribution is 2.70. The summed E-state index contributed by atoms with van der Waals surface area (Å²) < 4.78 is 23.4. The number of methoxy groups -OCH3 is 3. The summed E-state index contributed by atoms with van der Waals surface area (Å²) in [4.78, 5) is 6.62. The Morgan fingerprint density at radius 3 is 2.35 bits per heavy atom. The SMILES string of the molecule is COCCN(C)C[C@H]1[C@@H](O)[C@@]2(O)c3c(cc(OC)nc3OC)O[C@@]2(c2ccc(C3CC3)cc2)[C@@H]1c1ccccc1. The smallest absolute Gasteiger partial charge is 0.226 e. The van der Waals surface area contributed by atoms with Crippen LogP contribution in [0.2, 0.25) is 0 Å². The Hall–Kier alpha value is -3.17. The normalized spacial score (nSPS) is 28.7. The zero-order valence-electron chi connectivity index (χ0n) is 23.5. The molecule has 2 aliphatic carbocycles. The molecule has 8 heteroatoms. The van der Waals surface area contributed by atoms with Gasteiger partial charge in [0.25, 0.3) is 0 Å². The highest BCUT2D eigenvalue weighted by molar-refractivity contribution is 5.60. The lowest BCUT2D eigenvalue weighted by Gasteiger charge is -2.41. The molecule has 2 aromatic carbocycles. The van der Waals surface area contributed by atoms with E-state index in [9.17, 15) is 10.2 Å². The van der Waals surface area contributed by atoms with Gasteiger partial charge < -0.3 is 34.1 Å². The molecule has 0 saturated heterocycles. The Balaban J connectivity index is 1.59. The summed E-state index contributed by atoms with van der Waals surface area (Å²) in [6.07, 6.45) is 1.19. The monoisotopic (exact) mass is 546 g/mol. The van der Waals surface area contributed by atoms with Gasteiger partial charge in [-0.3, -0.25) is 0 Å². The number of aliphatic hydroxyl groups excluding tert-OH is 1. The van der Waals surface area contributed by atoms with E-state index in [2.05, 4.69) is 34.1 Å². The molecule has 0 bridgehead atoms. The Labute approximate surface area is 235 Å². The molecule has 6 rings (SSSR count). The lowest BCUT2D eigenvalue weighted by Crippen LogP contribution is -2.52. The van der Waals surface area contributed by atoms with Crippen molar-refractivity contribution < 1.29 is 29.2 Å². The predicted molar refractivity (Wildman–Crippen MR) is 150 cm³/mol. The Kier molecular flexibility index (Phi) is 6.99. The van der Waals surface area contributed by atoms with Crippen LogP contribution in [0.4, 0.5) is 0 Å². The van der Waals surface area contributed by atoms with E-state index >= 15 is 0 Å². The number of rotatable bonds is 10. The zero-order valence-corrected chi connectivity index (χ0v) is 23.5. The molecule has 2 saturated carbocycles. The van der Waals surface area contributed by atoms with Gasteiger partial charge in [0.05, 0.1) is 32.5 Å². The van der Waals surface area contributed by atoms with Gasteiger partial charge in [-0.05, 0) is 42.5 Å². The molecule has 5 atom stereocenters. The second kappa shape index (κ2) is 10.3. The van der Waals surface area contributed by atoms with Gasteiger partial charge in [-0.1, -0.05) is 54.6 Å². The molecule has 1 aromatic heterocycles. The van der Waals surface area contributed by atoms with Gasteiger partial charge in [0.15, 0.2) is 11.2 Å². The summed E-state index contributed by atoms with van der Waals surface area (Å²) in [5.41, 5.74) is 0.184. The second-order valence-electron chi connectivity index (χ2n) is 11.3. The molecular weight excluding hydrogens is 508 g/mol. The number of hydrogen-bond donors (Lipinski definition) is 2. The van der Waals surface area contributed by atoms with Crippen LogP contribution >= 0.6 is 0 Å². The third-order valence-corrected chi connectivity index (χ3v) is 8.99. The second-order valence-corrected chi connectivity index (χ2v) is 11.3. The first kappa shape index (κ1) is 27.0. The number of fused-ring (bicyclic) bond motifs is 3. The number of hydrogen-bond acceptors (Lipinski definition) is 8. The number of aliphatic hydroxyl groups is 2. The quantitative estimate of drug-likeness (QED) is 0.397. The lowest BCUT2D eigenvalue weighted by molar-refractivity contribution is -0.152. The molecule has 2 fully saturated rings. The summed E-state index contributed by atoms with van der Waals surface area (Å²) >= 11 is 0. The van der Waals surface area contributed by atoms with Gasteiger partial charge in [-0.15, -0.1) is 0 Å². The standard InChI is InChI=1S/C32H38N2O6/c1-34(16-17-37-2)19-24-27(22-8-6-5-7-9-22)32(23-14-12-21(13-15-23)20-10-11-20)31(36,29(24)35)28-25(40-32)18-26(38-3)33-30(28)39-4/h5-9,12-15,18,20,24,27,29,35-36H,10-11,16-17,19H2,1-4H3/t24-,27-,29-,31+,32+/m1/s1. The van der Waals surface area contributed by atoms with Crippen LogP contribution < -0.4 is 14.2 Å². The summed E-state index contributed by atoms with van der Waals surface area (Å²) in [6, 6.07) is 20.1. The van der Waals surface area contributed by atoms with E-state index in [4.69, 9.17) is 18.9 Å². The highest BCUT2D eigenvalue weighted by atomic mass is 16.5. The molecule has 1 aliphatic heterocycles. The van der Waals surface area contributed by atoms with Crippen LogP contribution in [0.15, 0.2) is 60.7 Å². The molecule has 2 heterocycles. The van der Waals surface area contributed by atoms with Crippen molar-refractivity contribution in [3.63, 3.8) is 0 Å². The van der Waals surface area contributed by atoms with Gasteiger partial charge in [0, 0.05) is 38.1 Å². The van der Waals surface area contributed by atoms with E-state index in [1.54, 1.807) is 13.2 Å². The zero-order chi connectivity index (χ0) is 28.1. The van der Waals surface area contributed by atoms with Crippen LogP contribution in [-0.4, -0.2) is 74.3 Å². The molecule has 3 aromatic rings. The Morgan fingerprint density at radius 1 is 1.00 bits per heavy atom. The molecular formula is C32H38N2O6. The Bertz CT molecular complexity index is 1350. The third kappa shape index (κ3) is 4.00. The summed E-state index contributed by atoms with van der Waals surface area (Å²) in [7, 11) is 6.71. The number of pyridine rings is 1. The first-order valence-electron chi connectivity index (χ1n) is 13.9. The fourth-order valence-corrected chi connectivity index (χ4v) is 6.98. The average molecular weight is 547 g/mol. The maximum Gasteiger partial charge on any atom is 0.226 e. The topological polar surface area (TPSA) is 93.5 Å². The molecule has 8 nitrogen and oxygen atoms in total. The van der Waals surface area contributed by atoms with Crippen molar-refractivity contribution in [1.29, 1.82) is 0 Å². The number of likely N-dealkylation sites (N-methyl/N-ethyl adjacent to an activating group) is 1. The molecule has 0 amide bonds. The third-order valence-electron chi connectivity index (χ3n) is 8.99. The van der Waals surface area contributed by atoms with Crippen molar-refractivity contribution in [2.75, 3.05) is 48.1 Å². The van der Waals surface area contributed by atoms with Crippen LogP contribution in [0.1, 0.15) is 46.9 Å². The fraction of sp³-hybridized carbons (Fsp3) is 0.469. The molecule has 212 valence electrons. The van der Waals surface area contributed by atoms with E-state index in [-0.39, 0.29) is 5.88 Å². The first-order valence-corrected chi connectivity index (χ1v) is 13.9. The van der Waals surface area contributed by atoms with Crippen LogP contribution in [0.5, 0.6) is 17.5 Å². The van der Waals surface area contributed by atoms with Crippen molar-refractivity contribution >= 4 is 0 Å². The van der Waals surface area contributed by atoms with Crippen molar-refractivity contribution in [3.05, 3.63) is 82.9 Å². The van der Waals surface area contributed by atoms with E-state index in [1.165, 1.54) is 32.6 Å². The van der Waals surface area contributed by atoms with Gasteiger partial charge in [0.2, 0.25) is 11.8 Å². The molecule has 3 aliphatic rings. The van der Waals surface area contributed by atoms with E-state index in [0.29, 0.717) is 42.8 Å². The number of benzene rings is 2. The van der Waals surface area contributed by atoms with Crippen LogP contribution in [0.25, 0.3) is 0 Å². The van der Waals surface area contributed by atoms with Gasteiger partial charge in [-0.25, -0.2) is 0 Å². The minimum Gasteiger partial charge on any atom is -0.481 e. The molecule has 0 radical (unpaired) electrons. The molecule has 0 spiro atoms. The van der Waals surface area contributed by atoms with E-state index in [0.717, 1.165) is 11.1 Å².